The largest absolute Gasteiger partial charge is 0.493 e. The van der Waals surface area contributed by atoms with Crippen molar-refractivity contribution in [2.75, 3.05) is 6.61 Å². The smallest absolute Gasteiger partial charge is 0.244 e. The fourth-order valence-electron chi connectivity index (χ4n) is 2.16. The van der Waals surface area contributed by atoms with Gasteiger partial charge in [-0.2, -0.15) is 0 Å². The van der Waals surface area contributed by atoms with E-state index in [1.807, 2.05) is 37.3 Å². The lowest BCUT2D eigenvalue weighted by Crippen LogP contribution is -2.38. The fraction of sp³-hybridized carbons (Fsp3) is 0.312. The number of hydrogen-bond acceptors (Lipinski definition) is 3. The van der Waals surface area contributed by atoms with Gasteiger partial charge in [-0.25, -0.2) is 0 Å². The van der Waals surface area contributed by atoms with Gasteiger partial charge in [0.1, 0.15) is 11.9 Å². The van der Waals surface area contributed by atoms with Gasteiger partial charge < -0.3 is 15.2 Å². The zero-order valence-corrected chi connectivity index (χ0v) is 11.5. The predicted molar refractivity (Wildman–Crippen MR) is 77.4 cm³/mol. The lowest BCUT2D eigenvalue weighted by molar-refractivity contribution is -0.118. The number of amides is 1. The Hall–Kier alpha value is -2.07. The van der Waals surface area contributed by atoms with Crippen molar-refractivity contribution in [1.29, 1.82) is 0 Å². The number of ether oxygens (including phenoxy) is 1. The van der Waals surface area contributed by atoms with Gasteiger partial charge in [0.25, 0.3) is 0 Å². The van der Waals surface area contributed by atoms with Crippen molar-refractivity contribution in [3.63, 3.8) is 0 Å². The topological polar surface area (TPSA) is 58.6 Å². The first-order chi connectivity index (χ1) is 9.72. The van der Waals surface area contributed by atoms with E-state index in [1.54, 1.807) is 12.2 Å². The number of nitrogens with one attached hydrogen (secondary N) is 1. The molecule has 1 aliphatic rings. The lowest BCUT2D eigenvalue weighted by atomic mass is 10.0. The summed E-state index contributed by atoms with van der Waals surface area (Å²) in [6.07, 6.45) is 6.55. The molecule has 0 saturated heterocycles. The van der Waals surface area contributed by atoms with Crippen LogP contribution in [-0.4, -0.2) is 23.7 Å². The molecule has 0 bridgehead atoms. The molecule has 1 amide bonds. The van der Waals surface area contributed by atoms with E-state index in [-0.39, 0.29) is 11.9 Å². The summed E-state index contributed by atoms with van der Waals surface area (Å²) in [6.45, 7) is 2.35. The third-order valence-corrected chi connectivity index (χ3v) is 3.18. The van der Waals surface area contributed by atoms with Gasteiger partial charge in [0, 0.05) is 18.1 Å². The van der Waals surface area contributed by atoms with Gasteiger partial charge in [0.2, 0.25) is 5.91 Å². The van der Waals surface area contributed by atoms with E-state index < -0.39 is 6.10 Å². The molecular formula is C16H19NO3. The van der Waals surface area contributed by atoms with Crippen molar-refractivity contribution in [3.05, 3.63) is 54.1 Å². The van der Waals surface area contributed by atoms with Crippen molar-refractivity contribution in [1.82, 2.24) is 5.32 Å². The van der Waals surface area contributed by atoms with Gasteiger partial charge in [-0.15, -0.1) is 0 Å². The fourth-order valence-corrected chi connectivity index (χ4v) is 2.16. The number of carbonyl (C=O) groups is 1. The zero-order valence-electron chi connectivity index (χ0n) is 11.5. The molecular weight excluding hydrogens is 254 g/mol. The molecule has 1 aliphatic heterocycles. The summed E-state index contributed by atoms with van der Waals surface area (Å²) >= 11 is 0. The molecule has 1 aromatic carbocycles. The molecule has 2 unspecified atom stereocenters. The van der Waals surface area contributed by atoms with Crippen LogP contribution in [0.15, 0.2) is 48.6 Å². The highest BCUT2D eigenvalue weighted by molar-refractivity contribution is 5.88. The maximum absolute atomic E-state index is 11.8. The molecule has 4 heteroatoms. The van der Waals surface area contributed by atoms with Gasteiger partial charge in [0.15, 0.2) is 0 Å². The maximum atomic E-state index is 11.8. The average molecular weight is 273 g/mol. The zero-order chi connectivity index (χ0) is 14.4. The highest BCUT2D eigenvalue weighted by Gasteiger charge is 2.27. The summed E-state index contributed by atoms with van der Waals surface area (Å²) in [4.78, 5) is 11.8. The minimum atomic E-state index is -0.757. The summed E-state index contributed by atoms with van der Waals surface area (Å²) in [5.74, 6) is 0.465. The third kappa shape index (κ3) is 3.48. The van der Waals surface area contributed by atoms with Crippen LogP contribution in [-0.2, 0) is 4.79 Å². The van der Waals surface area contributed by atoms with Crippen molar-refractivity contribution in [2.45, 2.75) is 25.5 Å². The first-order valence-electron chi connectivity index (χ1n) is 6.72. The Balaban J connectivity index is 2.08. The summed E-state index contributed by atoms with van der Waals surface area (Å²) in [5, 5.41) is 13.2. The number of aliphatic hydroxyl groups is 1. The number of allylic oxidation sites excluding steroid dienone is 3. The van der Waals surface area contributed by atoms with Crippen LogP contribution in [0.3, 0.4) is 0 Å². The number of benzene rings is 1. The molecule has 2 atom stereocenters. The van der Waals surface area contributed by atoms with Crippen molar-refractivity contribution >= 4 is 5.91 Å². The number of fused-ring (bicyclic) bond motifs is 1. The minimum absolute atomic E-state index is 0.216. The second-order valence-corrected chi connectivity index (χ2v) is 4.62. The molecule has 20 heavy (non-hydrogen) atoms. The molecule has 0 fully saturated rings. The van der Waals surface area contributed by atoms with Gasteiger partial charge in [0.05, 0.1) is 12.6 Å². The van der Waals surface area contributed by atoms with Crippen LogP contribution in [0.2, 0.25) is 0 Å². The van der Waals surface area contributed by atoms with Crippen LogP contribution in [0.1, 0.15) is 25.0 Å². The van der Waals surface area contributed by atoms with E-state index in [4.69, 9.17) is 4.74 Å². The van der Waals surface area contributed by atoms with Crippen LogP contribution < -0.4 is 10.1 Å². The molecule has 1 heterocycles. The van der Waals surface area contributed by atoms with Crippen LogP contribution in [0.4, 0.5) is 0 Å². The average Bonchev–Trinajstić information content (AvgIpc) is 2.60. The number of carbonyl (C=O) groups excluding carboxylic acids is 1. The van der Waals surface area contributed by atoms with Crippen LogP contribution in [0, 0.1) is 0 Å². The minimum Gasteiger partial charge on any atom is -0.493 e. The lowest BCUT2D eigenvalue weighted by Gasteiger charge is -2.21. The van der Waals surface area contributed by atoms with E-state index in [0.717, 1.165) is 0 Å². The second-order valence-electron chi connectivity index (χ2n) is 4.62. The monoisotopic (exact) mass is 273 g/mol. The maximum Gasteiger partial charge on any atom is 0.244 e. The van der Waals surface area contributed by atoms with Crippen LogP contribution in [0.25, 0.3) is 0 Å². The molecule has 2 rings (SSSR count). The Labute approximate surface area is 118 Å². The predicted octanol–water partition coefficient (Wildman–Crippen LogP) is 2.12. The Morgan fingerprint density at radius 2 is 2.20 bits per heavy atom. The van der Waals surface area contributed by atoms with Gasteiger partial charge in [-0.3, -0.25) is 4.79 Å². The number of rotatable bonds is 3. The normalized spacial score (nSPS) is 22.3. The number of hydrogen-bond donors (Lipinski definition) is 2. The third-order valence-electron chi connectivity index (χ3n) is 3.18. The molecule has 0 saturated carbocycles. The van der Waals surface area contributed by atoms with E-state index in [1.165, 1.54) is 6.08 Å². The Morgan fingerprint density at radius 1 is 1.40 bits per heavy atom. The van der Waals surface area contributed by atoms with Crippen molar-refractivity contribution in [3.8, 4) is 5.75 Å². The molecule has 0 radical (unpaired) electrons. The second kappa shape index (κ2) is 6.91. The van der Waals surface area contributed by atoms with E-state index in [2.05, 4.69) is 5.32 Å². The summed E-state index contributed by atoms with van der Waals surface area (Å²) in [5.41, 5.74) is 0.715. The molecule has 106 valence electrons. The van der Waals surface area contributed by atoms with E-state index in [0.29, 0.717) is 24.3 Å². The van der Waals surface area contributed by atoms with Gasteiger partial charge in [-0.05, 0) is 13.0 Å². The first kappa shape index (κ1) is 14.3. The van der Waals surface area contributed by atoms with E-state index >= 15 is 0 Å². The van der Waals surface area contributed by atoms with Crippen LogP contribution in [0.5, 0.6) is 5.75 Å². The molecule has 2 N–H and O–H groups in total. The van der Waals surface area contributed by atoms with Gasteiger partial charge >= 0.3 is 0 Å². The van der Waals surface area contributed by atoms with E-state index in [9.17, 15) is 9.90 Å². The quantitative estimate of drug-likeness (QED) is 0.655. The Kier molecular flexibility index (Phi) is 4.96. The molecule has 1 aromatic rings. The van der Waals surface area contributed by atoms with Gasteiger partial charge in [-0.1, -0.05) is 36.4 Å². The standard InChI is InChI=1S/C16H19NO3/c1-2-3-4-9-15(18)17-13-10-11-20-14-8-6-5-7-12(14)16(13)19/h2-9,13,16,19H,10-11H2,1H3,(H,17,18)/b3-2+,9-4+. The summed E-state index contributed by atoms with van der Waals surface area (Å²) in [7, 11) is 0. The van der Waals surface area contributed by atoms with Crippen molar-refractivity contribution in [2.24, 2.45) is 0 Å². The molecule has 0 aromatic heterocycles. The molecule has 0 spiro atoms. The highest BCUT2D eigenvalue weighted by Crippen LogP contribution is 2.31. The SMILES string of the molecule is C/C=C/C=C/C(=O)NC1CCOc2ccccc2C1O. The Bertz CT molecular complexity index is 522. The number of para-hydroxylation sites is 1. The molecule has 0 aliphatic carbocycles. The highest BCUT2D eigenvalue weighted by atomic mass is 16.5. The van der Waals surface area contributed by atoms with Crippen molar-refractivity contribution < 1.29 is 14.6 Å². The molecule has 4 nitrogen and oxygen atoms in total. The number of aliphatic hydroxyl groups excluding tert-OH is 1. The van der Waals surface area contributed by atoms with Crippen LogP contribution >= 0.6 is 0 Å². The summed E-state index contributed by atoms with van der Waals surface area (Å²) < 4.78 is 5.59. The summed E-state index contributed by atoms with van der Waals surface area (Å²) in [6, 6.07) is 7.02. The Morgan fingerprint density at radius 3 is 3.00 bits per heavy atom. The first-order valence-corrected chi connectivity index (χ1v) is 6.72.